The first-order valence-corrected chi connectivity index (χ1v) is 10.9. The molecule has 6 heteroatoms. The average Bonchev–Trinajstić information content (AvgIpc) is 3.40. The Bertz CT molecular complexity index is 1010. The summed E-state index contributed by atoms with van der Waals surface area (Å²) in [7, 11) is 1.61. The van der Waals surface area contributed by atoms with Gasteiger partial charge in [-0.2, -0.15) is 0 Å². The molecule has 0 aliphatic carbocycles. The summed E-state index contributed by atoms with van der Waals surface area (Å²) in [6.07, 6.45) is 2.04. The van der Waals surface area contributed by atoms with Crippen LogP contribution in [0.2, 0.25) is 0 Å². The molecular formula is C23H26N2O3S. The number of aromatic nitrogens is 1. The SMILES string of the molecule is COc1cccc(C(=O)N(CC2CCCO2)c2nc3c(C(C)C)cccc3s2)c1. The molecule has 4 rings (SSSR count). The highest BCUT2D eigenvalue weighted by Crippen LogP contribution is 2.35. The number of rotatable bonds is 6. The molecule has 3 aromatic rings. The Kier molecular flexibility index (Phi) is 5.83. The van der Waals surface area contributed by atoms with Gasteiger partial charge in [0.05, 0.1) is 30.0 Å². The highest BCUT2D eigenvalue weighted by molar-refractivity contribution is 7.22. The number of thiazole rings is 1. The van der Waals surface area contributed by atoms with E-state index in [2.05, 4.69) is 32.0 Å². The minimum atomic E-state index is -0.0791. The minimum Gasteiger partial charge on any atom is -0.497 e. The molecule has 0 bridgehead atoms. The first-order chi connectivity index (χ1) is 14.1. The van der Waals surface area contributed by atoms with Crippen LogP contribution in [0.25, 0.3) is 10.2 Å². The molecule has 152 valence electrons. The van der Waals surface area contributed by atoms with Crippen LogP contribution in [0.4, 0.5) is 5.13 Å². The summed E-state index contributed by atoms with van der Waals surface area (Å²) in [4.78, 5) is 20.2. The first kappa shape index (κ1) is 19.9. The van der Waals surface area contributed by atoms with E-state index >= 15 is 0 Å². The molecule has 5 nitrogen and oxygen atoms in total. The minimum absolute atomic E-state index is 0.0427. The van der Waals surface area contributed by atoms with Gasteiger partial charge >= 0.3 is 0 Å². The van der Waals surface area contributed by atoms with Crippen molar-refractivity contribution in [1.82, 2.24) is 4.98 Å². The fourth-order valence-electron chi connectivity index (χ4n) is 3.69. The third-order valence-corrected chi connectivity index (χ3v) is 6.31. The van der Waals surface area contributed by atoms with Crippen molar-refractivity contribution in [3.8, 4) is 5.75 Å². The largest absolute Gasteiger partial charge is 0.497 e. The van der Waals surface area contributed by atoms with Crippen molar-refractivity contribution in [1.29, 1.82) is 0 Å². The standard InChI is InChI=1S/C23H26N2O3S/c1-15(2)19-10-5-11-20-21(19)24-23(29-20)25(14-18-9-6-12-28-18)22(26)16-7-4-8-17(13-16)27-3/h4-5,7-8,10-11,13,15,18H,6,9,12,14H2,1-3H3. The van der Waals surface area contributed by atoms with Crippen LogP contribution >= 0.6 is 11.3 Å². The summed E-state index contributed by atoms with van der Waals surface area (Å²) >= 11 is 1.56. The molecule has 0 N–H and O–H groups in total. The van der Waals surface area contributed by atoms with Gasteiger partial charge in [-0.1, -0.05) is 43.4 Å². The second kappa shape index (κ2) is 8.51. The third kappa shape index (κ3) is 4.14. The number of carbonyl (C=O) groups is 1. The van der Waals surface area contributed by atoms with Crippen LogP contribution in [0, 0.1) is 0 Å². The number of nitrogens with zero attached hydrogens (tertiary/aromatic N) is 2. The second-order valence-corrected chi connectivity index (χ2v) is 8.64. The van der Waals surface area contributed by atoms with Crippen molar-refractivity contribution in [3.05, 3.63) is 53.6 Å². The Morgan fingerprint density at radius 2 is 2.14 bits per heavy atom. The zero-order valence-corrected chi connectivity index (χ0v) is 17.9. The smallest absolute Gasteiger partial charge is 0.260 e. The second-order valence-electron chi connectivity index (χ2n) is 7.63. The number of para-hydroxylation sites is 1. The molecule has 0 saturated carbocycles. The normalized spacial score (nSPS) is 16.5. The molecule has 1 amide bonds. The lowest BCUT2D eigenvalue weighted by Gasteiger charge is -2.23. The predicted molar refractivity (Wildman–Crippen MR) is 117 cm³/mol. The van der Waals surface area contributed by atoms with Crippen LogP contribution < -0.4 is 9.64 Å². The lowest BCUT2D eigenvalue weighted by Crippen LogP contribution is -2.37. The van der Waals surface area contributed by atoms with Crippen molar-refractivity contribution >= 4 is 32.6 Å². The lowest BCUT2D eigenvalue weighted by atomic mass is 10.0. The van der Waals surface area contributed by atoms with Gasteiger partial charge in [-0.05, 0) is 48.6 Å². The van der Waals surface area contributed by atoms with Gasteiger partial charge in [-0.15, -0.1) is 0 Å². The maximum Gasteiger partial charge on any atom is 0.260 e. The van der Waals surface area contributed by atoms with Crippen molar-refractivity contribution in [2.45, 2.75) is 38.7 Å². The Hall–Kier alpha value is -2.44. The maximum absolute atomic E-state index is 13.5. The van der Waals surface area contributed by atoms with Gasteiger partial charge in [0.15, 0.2) is 5.13 Å². The van der Waals surface area contributed by atoms with Crippen LogP contribution in [-0.2, 0) is 4.74 Å². The molecule has 1 fully saturated rings. The van der Waals surface area contributed by atoms with E-state index in [1.165, 1.54) is 5.56 Å². The van der Waals surface area contributed by atoms with Crippen molar-refractivity contribution < 1.29 is 14.3 Å². The lowest BCUT2D eigenvalue weighted by molar-refractivity contribution is 0.0917. The Morgan fingerprint density at radius 3 is 2.86 bits per heavy atom. The van der Waals surface area contributed by atoms with Gasteiger partial charge in [-0.25, -0.2) is 4.98 Å². The van der Waals surface area contributed by atoms with E-state index in [4.69, 9.17) is 14.5 Å². The number of fused-ring (bicyclic) bond motifs is 1. The fourth-order valence-corrected chi connectivity index (χ4v) is 4.70. The summed E-state index contributed by atoms with van der Waals surface area (Å²) in [6.45, 7) is 5.59. The zero-order valence-electron chi connectivity index (χ0n) is 17.1. The van der Waals surface area contributed by atoms with Gasteiger partial charge in [-0.3, -0.25) is 9.69 Å². The molecule has 2 heterocycles. The number of carbonyl (C=O) groups excluding carboxylic acids is 1. The van der Waals surface area contributed by atoms with Crippen molar-refractivity contribution in [2.75, 3.05) is 25.2 Å². The van der Waals surface area contributed by atoms with E-state index in [0.29, 0.717) is 23.8 Å². The Morgan fingerprint density at radius 1 is 1.31 bits per heavy atom. The molecule has 1 saturated heterocycles. The maximum atomic E-state index is 13.5. The summed E-state index contributed by atoms with van der Waals surface area (Å²) in [5, 5.41) is 0.719. The number of amides is 1. The third-order valence-electron chi connectivity index (χ3n) is 5.26. The molecule has 1 aromatic heterocycles. The van der Waals surface area contributed by atoms with Crippen LogP contribution in [-0.4, -0.2) is 37.3 Å². The summed E-state index contributed by atoms with van der Waals surface area (Å²) in [6, 6.07) is 13.5. The van der Waals surface area contributed by atoms with E-state index in [1.54, 1.807) is 29.4 Å². The summed E-state index contributed by atoms with van der Waals surface area (Å²) in [5.41, 5.74) is 2.78. The van der Waals surface area contributed by atoms with Gasteiger partial charge in [0.2, 0.25) is 0 Å². The number of ether oxygens (including phenoxy) is 2. The number of methoxy groups -OCH3 is 1. The molecule has 1 atom stereocenters. The van der Waals surface area contributed by atoms with E-state index in [0.717, 1.165) is 34.8 Å². The van der Waals surface area contributed by atoms with Crippen LogP contribution in [0.5, 0.6) is 5.75 Å². The van der Waals surface area contributed by atoms with Crippen LogP contribution in [0.1, 0.15) is 48.5 Å². The van der Waals surface area contributed by atoms with E-state index in [-0.39, 0.29) is 12.0 Å². The predicted octanol–water partition coefficient (Wildman–Crippen LogP) is 5.25. The van der Waals surface area contributed by atoms with Gasteiger partial charge < -0.3 is 9.47 Å². The van der Waals surface area contributed by atoms with E-state index in [9.17, 15) is 4.79 Å². The monoisotopic (exact) mass is 410 g/mol. The quantitative estimate of drug-likeness (QED) is 0.557. The number of hydrogen-bond donors (Lipinski definition) is 0. The summed E-state index contributed by atoms with van der Waals surface area (Å²) in [5.74, 6) is 0.957. The van der Waals surface area contributed by atoms with Gasteiger partial charge in [0.25, 0.3) is 5.91 Å². The Balaban J connectivity index is 1.74. The van der Waals surface area contributed by atoms with Crippen molar-refractivity contribution in [2.24, 2.45) is 0 Å². The molecule has 0 spiro atoms. The molecule has 29 heavy (non-hydrogen) atoms. The topological polar surface area (TPSA) is 51.7 Å². The first-order valence-electron chi connectivity index (χ1n) is 10.0. The van der Waals surface area contributed by atoms with Crippen molar-refractivity contribution in [3.63, 3.8) is 0 Å². The van der Waals surface area contributed by atoms with E-state index in [1.807, 2.05) is 18.2 Å². The van der Waals surface area contributed by atoms with Crippen LogP contribution in [0.15, 0.2) is 42.5 Å². The highest BCUT2D eigenvalue weighted by Gasteiger charge is 2.27. The fraction of sp³-hybridized carbons (Fsp3) is 0.391. The van der Waals surface area contributed by atoms with Gasteiger partial charge in [0.1, 0.15) is 5.75 Å². The average molecular weight is 411 g/mol. The highest BCUT2D eigenvalue weighted by atomic mass is 32.1. The molecule has 1 aliphatic heterocycles. The summed E-state index contributed by atoms with van der Waals surface area (Å²) < 4.78 is 12.2. The molecule has 0 radical (unpaired) electrons. The molecule has 1 aliphatic rings. The Labute approximate surface area is 175 Å². The van der Waals surface area contributed by atoms with Crippen LogP contribution in [0.3, 0.4) is 0 Å². The molecule has 1 unspecified atom stereocenters. The number of anilines is 1. The number of hydrogen-bond acceptors (Lipinski definition) is 5. The number of benzene rings is 2. The molecule has 2 aromatic carbocycles. The molecular weight excluding hydrogens is 384 g/mol. The van der Waals surface area contributed by atoms with E-state index < -0.39 is 0 Å². The zero-order chi connectivity index (χ0) is 20.4. The van der Waals surface area contributed by atoms with Gasteiger partial charge in [0, 0.05) is 12.2 Å².